The molecule has 1 heterocycles. The smallest absolute Gasteiger partial charge is 0.125 e. The van der Waals surface area contributed by atoms with Gasteiger partial charge < -0.3 is 9.47 Å². The summed E-state index contributed by atoms with van der Waals surface area (Å²) in [7, 11) is 0. The summed E-state index contributed by atoms with van der Waals surface area (Å²) < 4.78 is 12.0. The highest BCUT2D eigenvalue weighted by Crippen LogP contribution is 2.40. The highest BCUT2D eigenvalue weighted by atomic mass is 16.6. The van der Waals surface area contributed by atoms with Crippen molar-refractivity contribution in [3.63, 3.8) is 0 Å². The lowest BCUT2D eigenvalue weighted by molar-refractivity contribution is 0.264. The number of hydrogen-bond acceptors (Lipinski definition) is 2. The van der Waals surface area contributed by atoms with Gasteiger partial charge in [0.1, 0.15) is 5.75 Å². The minimum atomic E-state index is 0.453. The van der Waals surface area contributed by atoms with Gasteiger partial charge in [0.15, 0.2) is 0 Å². The number of epoxide rings is 1. The molecular formula is C20H32O2. The van der Waals surface area contributed by atoms with Crippen molar-refractivity contribution in [2.75, 3.05) is 6.61 Å². The normalized spacial score (nSPS) is 22.0. The monoisotopic (exact) mass is 304 g/mol. The van der Waals surface area contributed by atoms with Crippen molar-refractivity contribution in [2.45, 2.75) is 78.9 Å². The Morgan fingerprint density at radius 3 is 2.41 bits per heavy atom. The van der Waals surface area contributed by atoms with Gasteiger partial charge in [-0.25, -0.2) is 0 Å². The van der Waals surface area contributed by atoms with E-state index in [0.29, 0.717) is 24.0 Å². The van der Waals surface area contributed by atoms with Crippen LogP contribution in [-0.4, -0.2) is 18.8 Å². The van der Waals surface area contributed by atoms with Gasteiger partial charge in [0, 0.05) is 0 Å². The van der Waals surface area contributed by atoms with E-state index in [0.717, 1.165) is 31.6 Å². The molecule has 0 bridgehead atoms. The van der Waals surface area contributed by atoms with Crippen LogP contribution < -0.4 is 4.74 Å². The van der Waals surface area contributed by atoms with Crippen molar-refractivity contribution in [1.29, 1.82) is 0 Å². The number of rotatable bonds is 8. The van der Waals surface area contributed by atoms with E-state index < -0.39 is 0 Å². The van der Waals surface area contributed by atoms with E-state index in [9.17, 15) is 0 Å². The molecule has 22 heavy (non-hydrogen) atoms. The highest BCUT2D eigenvalue weighted by molar-refractivity contribution is 5.46. The molecule has 2 rings (SSSR count). The fraction of sp³-hybridized carbons (Fsp3) is 0.700. The van der Waals surface area contributed by atoms with E-state index in [2.05, 4.69) is 53.7 Å². The average molecular weight is 304 g/mol. The van der Waals surface area contributed by atoms with Crippen LogP contribution in [0.4, 0.5) is 0 Å². The Balaban J connectivity index is 2.21. The highest BCUT2D eigenvalue weighted by Gasteiger charge is 2.38. The van der Waals surface area contributed by atoms with Crippen molar-refractivity contribution >= 4 is 0 Å². The standard InChI is InChI=1S/C20H32O2/c1-7-16(11-19-18(8-2)22-19)17-10-14(5)9-15(6)20(17)21-12-13(3)4/h9-10,13,16,18-19H,7-8,11-12H2,1-6H3. The first-order valence-electron chi connectivity index (χ1n) is 8.85. The molecule has 0 N–H and O–H groups in total. The molecule has 0 radical (unpaired) electrons. The first-order chi connectivity index (χ1) is 10.5. The molecule has 124 valence electrons. The quantitative estimate of drug-likeness (QED) is 0.600. The average Bonchev–Trinajstić information content (AvgIpc) is 3.21. The summed E-state index contributed by atoms with van der Waals surface area (Å²) >= 11 is 0. The third-order valence-corrected chi connectivity index (χ3v) is 4.55. The molecule has 2 heteroatoms. The van der Waals surface area contributed by atoms with Gasteiger partial charge in [0.2, 0.25) is 0 Å². The second-order valence-electron chi connectivity index (χ2n) is 7.17. The van der Waals surface area contributed by atoms with Crippen LogP contribution in [-0.2, 0) is 4.74 Å². The molecule has 1 aromatic carbocycles. The Hall–Kier alpha value is -1.02. The molecule has 0 amide bonds. The summed E-state index contributed by atoms with van der Waals surface area (Å²) in [5.74, 6) is 2.19. The number of ether oxygens (including phenoxy) is 2. The minimum absolute atomic E-state index is 0.453. The van der Waals surface area contributed by atoms with E-state index in [1.807, 2.05) is 0 Å². The Morgan fingerprint density at radius 2 is 1.86 bits per heavy atom. The molecule has 1 aliphatic heterocycles. The maximum Gasteiger partial charge on any atom is 0.125 e. The Bertz CT molecular complexity index is 493. The van der Waals surface area contributed by atoms with Crippen molar-refractivity contribution < 1.29 is 9.47 Å². The Morgan fingerprint density at radius 1 is 1.14 bits per heavy atom. The van der Waals surface area contributed by atoms with E-state index in [4.69, 9.17) is 9.47 Å². The Kier molecular flexibility index (Phi) is 5.91. The molecule has 1 aliphatic rings. The molecule has 1 aromatic rings. The first-order valence-corrected chi connectivity index (χ1v) is 8.85. The van der Waals surface area contributed by atoms with Gasteiger partial charge >= 0.3 is 0 Å². The van der Waals surface area contributed by atoms with E-state index >= 15 is 0 Å². The van der Waals surface area contributed by atoms with Crippen LogP contribution in [0.3, 0.4) is 0 Å². The summed E-state index contributed by atoms with van der Waals surface area (Å²) in [4.78, 5) is 0. The van der Waals surface area contributed by atoms with E-state index in [1.165, 1.54) is 16.7 Å². The fourth-order valence-electron chi connectivity index (χ4n) is 3.28. The van der Waals surface area contributed by atoms with Gasteiger partial charge in [0.05, 0.1) is 18.8 Å². The second kappa shape index (κ2) is 7.50. The number of hydrogen-bond donors (Lipinski definition) is 0. The molecular weight excluding hydrogens is 272 g/mol. The molecule has 3 atom stereocenters. The van der Waals surface area contributed by atoms with Gasteiger partial charge in [0.25, 0.3) is 0 Å². The van der Waals surface area contributed by atoms with Gasteiger partial charge in [-0.05, 0) is 56.1 Å². The van der Waals surface area contributed by atoms with Gasteiger partial charge in [-0.15, -0.1) is 0 Å². The SMILES string of the molecule is CCC(CC1OC1CC)c1cc(C)cc(C)c1OCC(C)C. The topological polar surface area (TPSA) is 21.8 Å². The van der Waals surface area contributed by atoms with E-state index in [-0.39, 0.29) is 0 Å². The largest absolute Gasteiger partial charge is 0.493 e. The predicted octanol–water partition coefficient (Wildman–Crippen LogP) is 5.40. The van der Waals surface area contributed by atoms with Crippen molar-refractivity contribution in [2.24, 2.45) is 5.92 Å². The van der Waals surface area contributed by atoms with Crippen LogP contribution in [0.2, 0.25) is 0 Å². The maximum atomic E-state index is 6.18. The third kappa shape index (κ3) is 4.25. The lowest BCUT2D eigenvalue weighted by atomic mass is 9.88. The predicted molar refractivity (Wildman–Crippen MR) is 92.9 cm³/mol. The summed E-state index contributed by atoms with van der Waals surface area (Å²) in [6.07, 6.45) is 4.33. The third-order valence-electron chi connectivity index (χ3n) is 4.55. The number of benzene rings is 1. The van der Waals surface area contributed by atoms with Crippen LogP contribution >= 0.6 is 0 Å². The summed E-state index contributed by atoms with van der Waals surface area (Å²) in [5, 5.41) is 0. The van der Waals surface area contributed by atoms with Crippen molar-refractivity contribution in [1.82, 2.24) is 0 Å². The van der Waals surface area contributed by atoms with Crippen molar-refractivity contribution in [3.8, 4) is 5.75 Å². The summed E-state index contributed by atoms with van der Waals surface area (Å²) in [5.41, 5.74) is 3.97. The summed E-state index contributed by atoms with van der Waals surface area (Å²) in [6.45, 7) is 14.0. The minimum Gasteiger partial charge on any atom is -0.493 e. The lowest BCUT2D eigenvalue weighted by Gasteiger charge is -2.22. The zero-order chi connectivity index (χ0) is 16.3. The zero-order valence-electron chi connectivity index (χ0n) is 15.1. The molecule has 3 unspecified atom stereocenters. The lowest BCUT2D eigenvalue weighted by Crippen LogP contribution is -2.11. The molecule has 0 saturated carbocycles. The molecule has 0 aliphatic carbocycles. The maximum absolute atomic E-state index is 6.18. The fourth-order valence-corrected chi connectivity index (χ4v) is 3.28. The number of aryl methyl sites for hydroxylation is 2. The molecule has 0 spiro atoms. The van der Waals surface area contributed by atoms with Crippen LogP contribution in [0.1, 0.15) is 69.6 Å². The molecule has 2 nitrogen and oxygen atoms in total. The van der Waals surface area contributed by atoms with Crippen molar-refractivity contribution in [3.05, 3.63) is 28.8 Å². The van der Waals surface area contributed by atoms with E-state index in [1.54, 1.807) is 0 Å². The van der Waals surface area contributed by atoms with Gasteiger partial charge in [-0.3, -0.25) is 0 Å². The molecule has 1 saturated heterocycles. The first kappa shape index (κ1) is 17.3. The zero-order valence-corrected chi connectivity index (χ0v) is 15.1. The molecule has 1 fully saturated rings. The van der Waals surface area contributed by atoms with Crippen LogP contribution in [0.15, 0.2) is 12.1 Å². The second-order valence-corrected chi connectivity index (χ2v) is 7.17. The molecule has 0 aromatic heterocycles. The van der Waals surface area contributed by atoms with Crippen LogP contribution in [0, 0.1) is 19.8 Å². The van der Waals surface area contributed by atoms with Crippen LogP contribution in [0.5, 0.6) is 5.75 Å². The summed E-state index contributed by atoms with van der Waals surface area (Å²) in [6, 6.07) is 4.55. The Labute approximate surface area is 136 Å². The van der Waals surface area contributed by atoms with Crippen LogP contribution in [0.25, 0.3) is 0 Å². The van der Waals surface area contributed by atoms with Gasteiger partial charge in [-0.2, -0.15) is 0 Å². The van der Waals surface area contributed by atoms with Gasteiger partial charge in [-0.1, -0.05) is 45.4 Å².